The van der Waals surface area contributed by atoms with Gasteiger partial charge in [0.25, 0.3) is 5.91 Å². The Balaban J connectivity index is 1.95. The normalized spacial score (nSPS) is 17.4. The molecule has 1 aliphatic heterocycles. The summed E-state index contributed by atoms with van der Waals surface area (Å²) in [5, 5.41) is 5.01. The molecule has 0 saturated carbocycles. The van der Waals surface area contributed by atoms with Gasteiger partial charge in [-0.1, -0.05) is 30.7 Å². The number of hydrogen-bond donors (Lipinski definition) is 0. The molecule has 0 N–H and O–H groups in total. The zero-order chi connectivity index (χ0) is 16.4. The van der Waals surface area contributed by atoms with E-state index < -0.39 is 0 Å². The van der Waals surface area contributed by atoms with E-state index in [-0.39, 0.29) is 11.9 Å². The van der Waals surface area contributed by atoms with Gasteiger partial charge in [0.15, 0.2) is 0 Å². The molecule has 3 rings (SSSR count). The van der Waals surface area contributed by atoms with E-state index in [0.717, 1.165) is 17.8 Å². The zero-order valence-corrected chi connectivity index (χ0v) is 14.1. The Kier molecular flexibility index (Phi) is 4.68. The van der Waals surface area contributed by atoms with E-state index in [4.69, 9.17) is 16.3 Å². The summed E-state index contributed by atoms with van der Waals surface area (Å²) < 4.78 is 7.14. The van der Waals surface area contributed by atoms with E-state index in [0.29, 0.717) is 30.2 Å². The van der Waals surface area contributed by atoms with Crippen LogP contribution in [0.1, 0.15) is 29.4 Å². The SMILES string of the molecule is CCc1c(C(=O)N(C)[C@H]2CCOC2)cnn1-c1ccccc1Cl. The fraction of sp³-hybridized carbons (Fsp3) is 0.412. The van der Waals surface area contributed by atoms with Gasteiger partial charge in [0.2, 0.25) is 0 Å². The molecular weight excluding hydrogens is 314 g/mol. The van der Waals surface area contributed by atoms with E-state index in [1.165, 1.54) is 0 Å². The van der Waals surface area contributed by atoms with Crippen LogP contribution in [0.5, 0.6) is 0 Å². The van der Waals surface area contributed by atoms with Gasteiger partial charge in [-0.25, -0.2) is 4.68 Å². The van der Waals surface area contributed by atoms with Crippen molar-refractivity contribution < 1.29 is 9.53 Å². The van der Waals surface area contributed by atoms with Crippen LogP contribution in [0.4, 0.5) is 0 Å². The highest BCUT2D eigenvalue weighted by Gasteiger charge is 2.28. The molecule has 1 fully saturated rings. The van der Waals surface area contributed by atoms with Crippen molar-refractivity contribution in [3.05, 3.63) is 46.7 Å². The molecule has 1 saturated heterocycles. The monoisotopic (exact) mass is 333 g/mol. The van der Waals surface area contributed by atoms with Gasteiger partial charge in [-0.15, -0.1) is 0 Å². The number of carbonyl (C=O) groups excluding carboxylic acids is 1. The zero-order valence-electron chi connectivity index (χ0n) is 13.3. The minimum absolute atomic E-state index is 0.0179. The molecule has 0 aliphatic carbocycles. The number of amides is 1. The maximum atomic E-state index is 12.8. The van der Waals surface area contributed by atoms with Crippen LogP contribution >= 0.6 is 11.6 Å². The molecule has 1 aromatic carbocycles. The van der Waals surface area contributed by atoms with Gasteiger partial charge in [0.1, 0.15) is 0 Å². The summed E-state index contributed by atoms with van der Waals surface area (Å²) in [5.74, 6) is -0.0179. The second-order valence-electron chi connectivity index (χ2n) is 5.66. The molecule has 1 amide bonds. The summed E-state index contributed by atoms with van der Waals surface area (Å²) in [7, 11) is 1.83. The van der Waals surface area contributed by atoms with Gasteiger partial charge in [-0.2, -0.15) is 5.10 Å². The highest BCUT2D eigenvalue weighted by atomic mass is 35.5. The van der Waals surface area contributed by atoms with Crippen LogP contribution in [-0.2, 0) is 11.2 Å². The maximum Gasteiger partial charge on any atom is 0.257 e. The number of ether oxygens (including phenoxy) is 1. The molecule has 0 bridgehead atoms. The number of aromatic nitrogens is 2. The van der Waals surface area contributed by atoms with Crippen LogP contribution in [0.2, 0.25) is 5.02 Å². The standard InChI is InChI=1S/C17H20ClN3O2/c1-3-15-13(17(22)20(2)12-8-9-23-11-12)10-19-21(15)16-7-5-4-6-14(16)18/h4-7,10,12H,3,8-9,11H2,1-2H3/t12-/m0/s1. The second-order valence-corrected chi connectivity index (χ2v) is 6.06. The summed E-state index contributed by atoms with van der Waals surface area (Å²) in [6.07, 6.45) is 3.21. The number of halogens is 1. The number of carbonyl (C=O) groups is 1. The second kappa shape index (κ2) is 6.72. The van der Waals surface area contributed by atoms with Crippen LogP contribution in [0.25, 0.3) is 5.69 Å². The lowest BCUT2D eigenvalue weighted by Gasteiger charge is -2.23. The van der Waals surface area contributed by atoms with Crippen LogP contribution in [-0.4, -0.2) is 46.9 Å². The Morgan fingerprint density at radius 1 is 1.48 bits per heavy atom. The number of rotatable bonds is 4. The fourth-order valence-electron chi connectivity index (χ4n) is 2.91. The summed E-state index contributed by atoms with van der Waals surface area (Å²) in [6.45, 7) is 3.32. The highest BCUT2D eigenvalue weighted by Crippen LogP contribution is 2.24. The van der Waals surface area contributed by atoms with E-state index in [2.05, 4.69) is 5.10 Å². The Morgan fingerprint density at radius 3 is 2.91 bits per heavy atom. The van der Waals surface area contributed by atoms with E-state index in [1.54, 1.807) is 15.8 Å². The third kappa shape index (κ3) is 2.99. The number of benzene rings is 1. The van der Waals surface area contributed by atoms with E-state index in [1.807, 2.05) is 38.2 Å². The molecule has 122 valence electrons. The minimum Gasteiger partial charge on any atom is -0.379 e. The Morgan fingerprint density at radius 2 is 2.26 bits per heavy atom. The van der Waals surface area contributed by atoms with Crippen molar-refractivity contribution >= 4 is 17.5 Å². The first-order chi connectivity index (χ1) is 11.1. The van der Waals surface area contributed by atoms with Crippen molar-refractivity contribution in [3.8, 4) is 5.69 Å². The van der Waals surface area contributed by atoms with Gasteiger partial charge in [0, 0.05) is 13.7 Å². The smallest absolute Gasteiger partial charge is 0.257 e. The minimum atomic E-state index is -0.0179. The maximum absolute atomic E-state index is 12.8. The van der Waals surface area contributed by atoms with Gasteiger partial charge >= 0.3 is 0 Å². The van der Waals surface area contributed by atoms with E-state index in [9.17, 15) is 4.79 Å². The predicted octanol–water partition coefficient (Wildman–Crippen LogP) is 2.95. The summed E-state index contributed by atoms with van der Waals surface area (Å²) >= 11 is 6.27. The van der Waals surface area contributed by atoms with Crippen molar-refractivity contribution in [3.63, 3.8) is 0 Å². The van der Waals surface area contributed by atoms with Crippen molar-refractivity contribution in [2.75, 3.05) is 20.3 Å². The molecule has 2 aromatic rings. The topological polar surface area (TPSA) is 47.4 Å². The largest absolute Gasteiger partial charge is 0.379 e. The quantitative estimate of drug-likeness (QED) is 0.864. The third-order valence-corrected chi connectivity index (χ3v) is 4.61. The van der Waals surface area contributed by atoms with Crippen molar-refractivity contribution in [1.82, 2.24) is 14.7 Å². The molecule has 5 nitrogen and oxygen atoms in total. The fourth-order valence-corrected chi connectivity index (χ4v) is 3.12. The molecule has 23 heavy (non-hydrogen) atoms. The van der Waals surface area contributed by atoms with Crippen LogP contribution < -0.4 is 0 Å². The third-order valence-electron chi connectivity index (χ3n) is 4.29. The van der Waals surface area contributed by atoms with Gasteiger partial charge in [-0.3, -0.25) is 4.79 Å². The van der Waals surface area contributed by atoms with Crippen LogP contribution in [0.3, 0.4) is 0 Å². The van der Waals surface area contributed by atoms with Crippen molar-refractivity contribution in [2.45, 2.75) is 25.8 Å². The van der Waals surface area contributed by atoms with Gasteiger partial charge < -0.3 is 9.64 Å². The first kappa shape index (κ1) is 16.0. The molecule has 1 atom stereocenters. The highest BCUT2D eigenvalue weighted by molar-refractivity contribution is 6.32. The lowest BCUT2D eigenvalue weighted by molar-refractivity contribution is 0.0710. The summed E-state index contributed by atoms with van der Waals surface area (Å²) in [5.41, 5.74) is 2.28. The Bertz CT molecular complexity index is 708. The number of likely N-dealkylation sites (N-methyl/N-ethyl adjacent to an activating group) is 1. The summed E-state index contributed by atoms with van der Waals surface area (Å²) in [6, 6.07) is 7.64. The molecular formula is C17H20ClN3O2. The number of hydrogen-bond acceptors (Lipinski definition) is 3. The lowest BCUT2D eigenvalue weighted by Crippen LogP contribution is -2.37. The van der Waals surface area contributed by atoms with Gasteiger partial charge in [0.05, 0.1) is 40.8 Å². The van der Waals surface area contributed by atoms with Crippen molar-refractivity contribution in [2.24, 2.45) is 0 Å². The predicted molar refractivity (Wildman–Crippen MR) is 89.3 cm³/mol. The number of para-hydroxylation sites is 1. The molecule has 1 aromatic heterocycles. The molecule has 1 aliphatic rings. The van der Waals surface area contributed by atoms with Crippen molar-refractivity contribution in [1.29, 1.82) is 0 Å². The van der Waals surface area contributed by atoms with Crippen LogP contribution in [0.15, 0.2) is 30.5 Å². The molecule has 6 heteroatoms. The average Bonchev–Trinajstić information content (AvgIpc) is 3.23. The first-order valence-electron chi connectivity index (χ1n) is 7.80. The Hall–Kier alpha value is -1.85. The lowest BCUT2D eigenvalue weighted by atomic mass is 10.1. The molecule has 0 spiro atoms. The van der Waals surface area contributed by atoms with E-state index >= 15 is 0 Å². The molecule has 0 unspecified atom stereocenters. The van der Waals surface area contributed by atoms with Crippen LogP contribution in [0, 0.1) is 0 Å². The van der Waals surface area contributed by atoms with Gasteiger partial charge in [-0.05, 0) is 25.0 Å². The first-order valence-corrected chi connectivity index (χ1v) is 8.18. The molecule has 0 radical (unpaired) electrons. The summed E-state index contributed by atoms with van der Waals surface area (Å²) in [4.78, 5) is 14.6. The number of nitrogens with zero attached hydrogens (tertiary/aromatic N) is 3. The Labute approximate surface area is 140 Å². The average molecular weight is 334 g/mol. The molecule has 2 heterocycles.